The second-order valence-corrected chi connectivity index (χ2v) is 5.99. The van der Waals surface area contributed by atoms with E-state index in [2.05, 4.69) is 81.9 Å². The molecule has 2 rings (SSSR count). The topological polar surface area (TPSA) is 3.88 Å². The van der Waals surface area contributed by atoms with Gasteiger partial charge in [-0.2, -0.15) is 0 Å². The lowest BCUT2D eigenvalue weighted by Crippen LogP contribution is -2.32. The lowest BCUT2D eigenvalue weighted by Gasteiger charge is -2.27. The fourth-order valence-electron chi connectivity index (χ4n) is 2.73. The molecule has 0 N–H and O–H groups in total. The van der Waals surface area contributed by atoms with Crippen LogP contribution in [0.15, 0.2) is 42.6 Å². The third-order valence-corrected chi connectivity index (χ3v) is 4.83. The molecule has 0 unspecified atom stereocenters. The van der Waals surface area contributed by atoms with Crippen molar-refractivity contribution in [2.24, 2.45) is 7.05 Å². The molecule has 1 aromatic heterocycles. The van der Waals surface area contributed by atoms with Gasteiger partial charge < -0.3 is 0 Å². The molecular weight excluding hydrogens is 242 g/mol. The van der Waals surface area contributed by atoms with Crippen LogP contribution in [-0.4, -0.2) is 0 Å². The first-order chi connectivity index (χ1) is 9.51. The van der Waals surface area contributed by atoms with E-state index in [1.165, 1.54) is 35.2 Å². The van der Waals surface area contributed by atoms with Crippen LogP contribution in [0.5, 0.6) is 0 Å². The van der Waals surface area contributed by atoms with Gasteiger partial charge in [-0.05, 0) is 42.4 Å². The van der Waals surface area contributed by atoms with Crippen molar-refractivity contribution in [1.82, 2.24) is 0 Å². The van der Waals surface area contributed by atoms with Crippen molar-refractivity contribution in [2.45, 2.75) is 46.0 Å². The van der Waals surface area contributed by atoms with Gasteiger partial charge in [0.1, 0.15) is 7.05 Å². The lowest BCUT2D eigenvalue weighted by atomic mass is 9.78. The zero-order valence-corrected chi connectivity index (χ0v) is 13.4. The highest BCUT2D eigenvalue weighted by molar-refractivity contribution is 5.61. The molecule has 0 saturated heterocycles. The van der Waals surface area contributed by atoms with E-state index in [0.717, 1.165) is 0 Å². The molecule has 0 radical (unpaired) electrons. The zero-order valence-electron chi connectivity index (χ0n) is 13.4. The Kier molecular flexibility index (Phi) is 4.27. The molecule has 0 aliphatic carbocycles. The van der Waals surface area contributed by atoms with Crippen molar-refractivity contribution in [2.75, 3.05) is 0 Å². The summed E-state index contributed by atoms with van der Waals surface area (Å²) in [5.41, 5.74) is 5.67. The Hall–Kier alpha value is -1.63. The van der Waals surface area contributed by atoms with Crippen LogP contribution in [0.1, 0.15) is 44.7 Å². The van der Waals surface area contributed by atoms with Crippen LogP contribution in [0, 0.1) is 6.92 Å². The number of pyridine rings is 1. The van der Waals surface area contributed by atoms with E-state index >= 15 is 0 Å². The number of hydrogen-bond donors (Lipinski definition) is 0. The van der Waals surface area contributed by atoms with E-state index in [9.17, 15) is 0 Å². The lowest BCUT2D eigenvalue weighted by molar-refractivity contribution is -0.660. The Bertz CT molecular complexity index is 594. The number of hydrogen-bond acceptors (Lipinski definition) is 0. The standard InChI is InChI=1S/C19H26N/c1-6-19(4,7-2)16-12-13-20(5)18(14-16)17-11-9-8-10-15(17)3/h8-14H,6-7H2,1-5H3/q+1. The molecule has 0 aliphatic rings. The fraction of sp³-hybridized carbons (Fsp3) is 0.421. The van der Waals surface area contributed by atoms with E-state index < -0.39 is 0 Å². The van der Waals surface area contributed by atoms with Crippen molar-refractivity contribution < 1.29 is 4.57 Å². The number of rotatable bonds is 4. The molecule has 0 bridgehead atoms. The molecule has 2 aromatic rings. The van der Waals surface area contributed by atoms with Gasteiger partial charge in [0.05, 0.1) is 0 Å². The van der Waals surface area contributed by atoms with E-state index in [4.69, 9.17) is 0 Å². The van der Waals surface area contributed by atoms with Gasteiger partial charge in [-0.1, -0.05) is 39.0 Å². The summed E-state index contributed by atoms with van der Waals surface area (Å²) in [5.74, 6) is 0. The van der Waals surface area contributed by atoms with E-state index in [1.54, 1.807) is 0 Å². The molecule has 106 valence electrons. The van der Waals surface area contributed by atoms with Crippen molar-refractivity contribution in [3.63, 3.8) is 0 Å². The Morgan fingerprint density at radius 2 is 1.70 bits per heavy atom. The van der Waals surface area contributed by atoms with Crippen LogP contribution in [-0.2, 0) is 12.5 Å². The molecule has 0 amide bonds. The largest absolute Gasteiger partial charge is 0.212 e. The molecule has 0 saturated carbocycles. The predicted molar refractivity (Wildman–Crippen MR) is 85.7 cm³/mol. The number of aromatic nitrogens is 1. The van der Waals surface area contributed by atoms with Crippen molar-refractivity contribution in [1.29, 1.82) is 0 Å². The van der Waals surface area contributed by atoms with Gasteiger partial charge in [0, 0.05) is 17.7 Å². The Morgan fingerprint density at radius 3 is 2.30 bits per heavy atom. The van der Waals surface area contributed by atoms with E-state index in [-0.39, 0.29) is 5.41 Å². The number of nitrogens with zero attached hydrogens (tertiary/aromatic N) is 1. The minimum absolute atomic E-state index is 0.270. The molecule has 1 heteroatoms. The van der Waals surface area contributed by atoms with E-state index in [0.29, 0.717) is 0 Å². The summed E-state index contributed by atoms with van der Waals surface area (Å²) in [4.78, 5) is 0. The molecule has 0 atom stereocenters. The molecule has 1 heterocycles. The van der Waals surface area contributed by atoms with Crippen molar-refractivity contribution in [3.8, 4) is 11.3 Å². The van der Waals surface area contributed by atoms with Gasteiger partial charge in [-0.25, -0.2) is 4.57 Å². The third kappa shape index (κ3) is 2.63. The second-order valence-electron chi connectivity index (χ2n) is 5.99. The summed E-state index contributed by atoms with van der Waals surface area (Å²) >= 11 is 0. The van der Waals surface area contributed by atoms with Gasteiger partial charge in [0.2, 0.25) is 5.69 Å². The average molecular weight is 268 g/mol. The third-order valence-electron chi connectivity index (χ3n) is 4.83. The van der Waals surface area contributed by atoms with Crippen LogP contribution in [0.2, 0.25) is 0 Å². The summed E-state index contributed by atoms with van der Waals surface area (Å²) in [6, 6.07) is 13.3. The first kappa shape index (κ1) is 14.8. The molecular formula is C19H26N+. The van der Waals surface area contributed by atoms with Crippen LogP contribution >= 0.6 is 0 Å². The molecule has 1 aromatic carbocycles. The normalized spacial score (nSPS) is 11.7. The Morgan fingerprint density at radius 1 is 1.05 bits per heavy atom. The fourth-order valence-corrected chi connectivity index (χ4v) is 2.73. The SMILES string of the molecule is CCC(C)(CC)c1cc[n+](C)c(-c2ccccc2C)c1. The summed E-state index contributed by atoms with van der Waals surface area (Å²) in [5, 5.41) is 0. The highest BCUT2D eigenvalue weighted by Crippen LogP contribution is 2.32. The molecule has 1 nitrogen and oxygen atoms in total. The molecule has 0 spiro atoms. The summed E-state index contributed by atoms with van der Waals surface area (Å²) in [6.45, 7) is 9.11. The summed E-state index contributed by atoms with van der Waals surface area (Å²) in [6.07, 6.45) is 4.54. The predicted octanol–water partition coefficient (Wildman–Crippen LogP) is 4.56. The Balaban J connectivity index is 2.58. The Labute approximate surface area is 123 Å². The van der Waals surface area contributed by atoms with Crippen molar-refractivity contribution >= 4 is 0 Å². The summed E-state index contributed by atoms with van der Waals surface area (Å²) in [7, 11) is 2.13. The van der Waals surface area contributed by atoms with Crippen LogP contribution < -0.4 is 4.57 Å². The van der Waals surface area contributed by atoms with Crippen LogP contribution in [0.3, 0.4) is 0 Å². The molecule has 0 fully saturated rings. The second kappa shape index (κ2) is 5.78. The van der Waals surface area contributed by atoms with Gasteiger partial charge >= 0.3 is 0 Å². The monoisotopic (exact) mass is 268 g/mol. The molecule has 20 heavy (non-hydrogen) atoms. The van der Waals surface area contributed by atoms with Gasteiger partial charge in [0.15, 0.2) is 6.20 Å². The zero-order chi connectivity index (χ0) is 14.8. The molecule has 0 aliphatic heterocycles. The number of aryl methyl sites for hydroxylation is 2. The van der Waals surface area contributed by atoms with Crippen LogP contribution in [0.4, 0.5) is 0 Å². The minimum Gasteiger partial charge on any atom is -0.201 e. The minimum atomic E-state index is 0.270. The maximum absolute atomic E-state index is 2.37. The van der Waals surface area contributed by atoms with E-state index in [1.807, 2.05) is 0 Å². The van der Waals surface area contributed by atoms with Crippen LogP contribution in [0.25, 0.3) is 11.3 Å². The maximum atomic E-state index is 2.37. The van der Waals surface area contributed by atoms with Gasteiger partial charge in [-0.15, -0.1) is 0 Å². The highest BCUT2D eigenvalue weighted by Gasteiger charge is 2.25. The van der Waals surface area contributed by atoms with Gasteiger partial charge in [-0.3, -0.25) is 0 Å². The average Bonchev–Trinajstić information content (AvgIpc) is 2.48. The smallest absolute Gasteiger partial charge is 0.201 e. The maximum Gasteiger partial charge on any atom is 0.212 e. The van der Waals surface area contributed by atoms with Gasteiger partial charge in [0.25, 0.3) is 0 Å². The van der Waals surface area contributed by atoms with Crippen molar-refractivity contribution in [3.05, 3.63) is 53.7 Å². The first-order valence-corrected chi connectivity index (χ1v) is 7.58. The highest BCUT2D eigenvalue weighted by atomic mass is 14.9. The first-order valence-electron chi connectivity index (χ1n) is 7.58. The quantitative estimate of drug-likeness (QED) is 0.715. The number of benzene rings is 1. The summed E-state index contributed by atoms with van der Waals surface area (Å²) < 4.78 is 2.22.